The molecule has 0 radical (unpaired) electrons. The largest absolute Gasteiger partial charge is 0.364 e. The normalized spacial score (nSPS) is 45.2. The van der Waals surface area contributed by atoms with E-state index in [1.165, 1.54) is 43.2 Å². The molecule has 2 aromatic rings. The Morgan fingerprint density at radius 3 is 1.41 bits per heavy atom. The molecule has 10 nitrogen and oxygen atoms in total. The third-order valence-corrected chi connectivity index (χ3v) is 19.3. The Hall–Kier alpha value is -2.68. The van der Waals surface area contributed by atoms with Crippen molar-refractivity contribution >= 4 is 78.2 Å². The van der Waals surface area contributed by atoms with Gasteiger partial charge in [-0.05, 0) is 37.1 Å². The summed E-state index contributed by atoms with van der Waals surface area (Å²) in [6.45, 7) is 3.66. The van der Waals surface area contributed by atoms with Crippen molar-refractivity contribution in [1.82, 2.24) is 19.6 Å². The number of carbonyl (C=O) groups is 4. The van der Waals surface area contributed by atoms with Crippen molar-refractivity contribution in [2.24, 2.45) is 0 Å². The molecule has 226 valence electrons. The van der Waals surface area contributed by atoms with Gasteiger partial charge in [-0.15, -0.1) is 0 Å². The molecule has 8 fully saturated rings. The van der Waals surface area contributed by atoms with Crippen molar-refractivity contribution in [1.29, 1.82) is 0 Å². The van der Waals surface area contributed by atoms with Crippen LogP contribution in [0.15, 0.2) is 48.5 Å². The Labute approximate surface area is 269 Å². The standard InChI is InChI=1S/C30H28N6O4S4/c1-25-21(37)35-19-27(15-9-5-7-11-17(15)31-19,13-29(35,43-41-25)23(39)33(25)3)28-14-30-24(40)34(4)26(2,42-44-30)22(38)36(30)20(28)32-18-12-8-6-10-16(18)28/h5-12,19-20,31-32H,13-14H2,1-4H3. The van der Waals surface area contributed by atoms with E-state index in [9.17, 15) is 19.2 Å². The first-order chi connectivity index (χ1) is 20.9. The van der Waals surface area contributed by atoms with E-state index in [0.717, 1.165) is 22.5 Å². The third kappa shape index (κ3) is 2.30. The van der Waals surface area contributed by atoms with Crippen LogP contribution in [0.1, 0.15) is 37.8 Å². The Kier molecular flexibility index (Phi) is 4.51. The van der Waals surface area contributed by atoms with Gasteiger partial charge in [-0.25, -0.2) is 0 Å². The fraction of sp³-hybridized carbons (Fsp3) is 0.467. The summed E-state index contributed by atoms with van der Waals surface area (Å²) in [5.41, 5.74) is 2.14. The Morgan fingerprint density at radius 1 is 0.614 bits per heavy atom. The lowest BCUT2D eigenvalue weighted by Crippen LogP contribution is -2.75. The zero-order valence-electron chi connectivity index (χ0n) is 24.2. The Bertz CT molecular complexity index is 1700. The summed E-state index contributed by atoms with van der Waals surface area (Å²) in [6.07, 6.45) is -0.444. The average Bonchev–Trinajstić information content (AvgIpc) is 3.70. The molecule has 14 heteroatoms. The van der Waals surface area contributed by atoms with Crippen molar-refractivity contribution < 1.29 is 19.2 Å². The molecule has 2 spiro atoms. The van der Waals surface area contributed by atoms with Gasteiger partial charge in [-0.1, -0.05) is 79.6 Å². The maximum atomic E-state index is 14.6. The molecule has 8 unspecified atom stereocenters. The minimum Gasteiger partial charge on any atom is -0.364 e. The lowest BCUT2D eigenvalue weighted by atomic mass is 9.54. The maximum absolute atomic E-state index is 14.6. The molecular weight excluding hydrogens is 637 g/mol. The second kappa shape index (κ2) is 7.48. The van der Waals surface area contributed by atoms with Crippen LogP contribution >= 0.6 is 43.2 Å². The molecule has 0 saturated carbocycles. The van der Waals surface area contributed by atoms with Gasteiger partial charge in [-0.2, -0.15) is 0 Å². The van der Waals surface area contributed by atoms with Crippen LogP contribution < -0.4 is 10.6 Å². The third-order valence-electron chi connectivity index (χ3n) is 11.9. The van der Waals surface area contributed by atoms with Gasteiger partial charge in [-0.3, -0.25) is 29.0 Å². The van der Waals surface area contributed by atoms with Crippen LogP contribution in [-0.4, -0.2) is 89.1 Å². The molecule has 12 rings (SSSR count). The number of nitrogens with zero attached hydrogens (tertiary/aromatic N) is 4. The molecule has 10 aliphatic heterocycles. The van der Waals surface area contributed by atoms with Crippen LogP contribution in [0, 0.1) is 0 Å². The molecule has 0 aliphatic carbocycles. The quantitative estimate of drug-likeness (QED) is 0.441. The monoisotopic (exact) mass is 664 g/mol. The summed E-state index contributed by atoms with van der Waals surface area (Å²) in [5, 5.41) is 7.50. The molecule has 8 saturated heterocycles. The fourth-order valence-corrected chi connectivity index (χ4v) is 16.7. The highest BCUT2D eigenvalue weighted by Gasteiger charge is 2.87. The minimum absolute atomic E-state index is 0.0808. The predicted octanol–water partition coefficient (Wildman–Crippen LogP) is 3.39. The highest BCUT2D eigenvalue weighted by Crippen LogP contribution is 2.78. The molecule has 10 aliphatic rings. The summed E-state index contributed by atoms with van der Waals surface area (Å²) >= 11 is 0. The topological polar surface area (TPSA) is 105 Å². The van der Waals surface area contributed by atoms with Crippen LogP contribution in [0.5, 0.6) is 0 Å². The molecule has 8 atom stereocenters. The summed E-state index contributed by atoms with van der Waals surface area (Å²) in [6, 6.07) is 16.3. The van der Waals surface area contributed by atoms with Gasteiger partial charge >= 0.3 is 0 Å². The van der Waals surface area contributed by atoms with Crippen LogP contribution in [0.2, 0.25) is 0 Å². The number of hydrogen-bond acceptors (Lipinski definition) is 10. The van der Waals surface area contributed by atoms with E-state index in [4.69, 9.17) is 0 Å². The molecular formula is C30H28N6O4S4. The highest BCUT2D eigenvalue weighted by molar-refractivity contribution is 8.78. The summed E-state index contributed by atoms with van der Waals surface area (Å²) in [7, 11) is 9.36. The van der Waals surface area contributed by atoms with Gasteiger partial charge in [0.2, 0.25) is 0 Å². The number of rotatable bonds is 1. The SMILES string of the molecule is CN1C(=O)C23CC4(C56CC78SSC(C)(C(=O)N7C5Nc5ccccc56)N(C)C8=O)c5ccccc5NC4N2C(=O)C1(C)SS3. The number of fused-ring (bicyclic) bond motifs is 11. The number of benzene rings is 2. The van der Waals surface area contributed by atoms with Gasteiger partial charge in [0, 0.05) is 38.3 Å². The number of amides is 4. The fourth-order valence-electron chi connectivity index (χ4n) is 9.67. The molecule has 0 aromatic heterocycles. The molecule has 10 heterocycles. The van der Waals surface area contributed by atoms with Crippen LogP contribution in [-0.2, 0) is 30.0 Å². The van der Waals surface area contributed by atoms with E-state index >= 15 is 0 Å². The second-order valence-electron chi connectivity index (χ2n) is 13.4. The van der Waals surface area contributed by atoms with Crippen molar-refractivity contribution in [3.8, 4) is 0 Å². The van der Waals surface area contributed by atoms with E-state index in [-0.39, 0.29) is 23.6 Å². The van der Waals surface area contributed by atoms with Crippen LogP contribution in [0.4, 0.5) is 11.4 Å². The number of hydrogen-bond donors (Lipinski definition) is 2. The van der Waals surface area contributed by atoms with E-state index in [0.29, 0.717) is 12.8 Å². The zero-order valence-corrected chi connectivity index (χ0v) is 27.5. The van der Waals surface area contributed by atoms with E-state index in [2.05, 4.69) is 22.8 Å². The summed E-state index contributed by atoms with van der Waals surface area (Å²) in [4.78, 5) is 60.7. The van der Waals surface area contributed by atoms with Crippen molar-refractivity contribution in [3.63, 3.8) is 0 Å². The summed E-state index contributed by atoms with van der Waals surface area (Å²) in [5.74, 6) is -0.353. The molecule has 4 bridgehead atoms. The van der Waals surface area contributed by atoms with E-state index < -0.39 is 42.6 Å². The average molecular weight is 665 g/mol. The first-order valence-electron chi connectivity index (χ1n) is 14.6. The number of nitrogens with one attached hydrogen (secondary N) is 2. The van der Waals surface area contributed by atoms with Gasteiger partial charge < -0.3 is 20.4 Å². The second-order valence-corrected chi connectivity index (χ2v) is 19.0. The maximum Gasteiger partial charge on any atom is 0.262 e. The number of likely N-dealkylation sites (N-methyl/N-ethyl adjacent to an activating group) is 2. The Balaban J connectivity index is 1.31. The summed E-state index contributed by atoms with van der Waals surface area (Å²) < 4.78 is 0. The van der Waals surface area contributed by atoms with Crippen molar-refractivity contribution in [3.05, 3.63) is 59.7 Å². The van der Waals surface area contributed by atoms with E-state index in [1.54, 1.807) is 23.9 Å². The van der Waals surface area contributed by atoms with Gasteiger partial charge in [0.25, 0.3) is 23.6 Å². The van der Waals surface area contributed by atoms with Gasteiger partial charge in [0.1, 0.15) is 12.3 Å². The van der Waals surface area contributed by atoms with Gasteiger partial charge in [0.05, 0.1) is 10.8 Å². The number of anilines is 2. The lowest BCUT2D eigenvalue weighted by molar-refractivity contribution is -0.163. The number of piperazine rings is 2. The zero-order chi connectivity index (χ0) is 30.4. The first-order valence-corrected chi connectivity index (χ1v) is 18.9. The first kappa shape index (κ1) is 26.5. The molecule has 4 amide bonds. The van der Waals surface area contributed by atoms with Crippen LogP contribution in [0.25, 0.3) is 0 Å². The van der Waals surface area contributed by atoms with E-state index in [1.807, 2.05) is 60.0 Å². The van der Waals surface area contributed by atoms with Gasteiger partial charge in [0.15, 0.2) is 19.5 Å². The lowest BCUT2D eigenvalue weighted by Gasteiger charge is -2.57. The Morgan fingerprint density at radius 2 is 1.00 bits per heavy atom. The number of carbonyl (C=O) groups excluding carboxylic acids is 4. The number of para-hydroxylation sites is 2. The highest BCUT2D eigenvalue weighted by atomic mass is 33.1. The van der Waals surface area contributed by atoms with Crippen molar-refractivity contribution in [2.75, 3.05) is 24.7 Å². The molecule has 2 aromatic carbocycles. The smallest absolute Gasteiger partial charge is 0.262 e. The predicted molar refractivity (Wildman–Crippen MR) is 172 cm³/mol. The minimum atomic E-state index is -1.14. The van der Waals surface area contributed by atoms with Crippen molar-refractivity contribution in [2.45, 2.75) is 69.3 Å². The molecule has 2 N–H and O–H groups in total. The van der Waals surface area contributed by atoms with Crippen LogP contribution in [0.3, 0.4) is 0 Å². The molecule has 44 heavy (non-hydrogen) atoms.